The zero-order valence-electron chi connectivity index (χ0n) is 13.0. The van der Waals surface area contributed by atoms with Crippen LogP contribution in [-0.2, 0) is 16.1 Å². The largest absolute Gasteiger partial charge is 0.497 e. The highest BCUT2D eigenvalue weighted by molar-refractivity contribution is 5.72. The molecule has 0 aliphatic rings. The number of hydrogen-bond donors (Lipinski definition) is 1. The van der Waals surface area contributed by atoms with Crippen molar-refractivity contribution in [3.05, 3.63) is 29.8 Å². The normalized spacial score (nSPS) is 12.8. The molecule has 0 heterocycles. The summed E-state index contributed by atoms with van der Waals surface area (Å²) >= 11 is 0. The van der Waals surface area contributed by atoms with Gasteiger partial charge in [0.15, 0.2) is 0 Å². The van der Waals surface area contributed by atoms with Crippen LogP contribution in [-0.4, -0.2) is 25.2 Å². The van der Waals surface area contributed by atoms with E-state index < -0.39 is 5.60 Å². The number of nitrogens with one attached hydrogen (secondary N) is 1. The lowest BCUT2D eigenvalue weighted by atomic mass is 10.1. The lowest BCUT2D eigenvalue weighted by molar-refractivity contribution is -0.159. The van der Waals surface area contributed by atoms with E-state index in [9.17, 15) is 4.79 Å². The molecule has 4 heteroatoms. The highest BCUT2D eigenvalue weighted by atomic mass is 16.6. The van der Waals surface area contributed by atoms with Crippen LogP contribution in [0.3, 0.4) is 0 Å². The summed E-state index contributed by atoms with van der Waals surface area (Å²) in [4.78, 5) is 11.8. The maximum Gasteiger partial charge on any atom is 0.310 e. The number of methoxy groups -OCH3 is 1. The summed E-state index contributed by atoms with van der Waals surface area (Å²) in [6.07, 6.45) is 0. The first kappa shape index (κ1) is 16.5. The van der Waals surface area contributed by atoms with Crippen molar-refractivity contribution >= 4 is 5.97 Å². The van der Waals surface area contributed by atoms with E-state index in [1.807, 2.05) is 52.0 Å². The van der Waals surface area contributed by atoms with Gasteiger partial charge in [-0.25, -0.2) is 0 Å². The molecular weight excluding hydrogens is 254 g/mol. The van der Waals surface area contributed by atoms with Gasteiger partial charge in [-0.2, -0.15) is 0 Å². The van der Waals surface area contributed by atoms with Crippen LogP contribution in [0.5, 0.6) is 5.75 Å². The average Bonchev–Trinajstić information content (AvgIpc) is 2.37. The molecular formula is C16H25NO3. The summed E-state index contributed by atoms with van der Waals surface area (Å²) in [7, 11) is 1.65. The van der Waals surface area contributed by atoms with Crippen LogP contribution in [0.15, 0.2) is 24.3 Å². The van der Waals surface area contributed by atoms with E-state index in [-0.39, 0.29) is 11.9 Å². The first-order valence-corrected chi connectivity index (χ1v) is 6.88. The summed E-state index contributed by atoms with van der Waals surface area (Å²) in [5, 5.41) is 3.26. The minimum Gasteiger partial charge on any atom is -0.497 e. The predicted octanol–water partition coefficient (Wildman–Crippen LogP) is 2.76. The van der Waals surface area contributed by atoms with Gasteiger partial charge in [0.05, 0.1) is 13.0 Å². The van der Waals surface area contributed by atoms with Gasteiger partial charge in [-0.1, -0.05) is 19.1 Å². The van der Waals surface area contributed by atoms with Gasteiger partial charge >= 0.3 is 5.97 Å². The van der Waals surface area contributed by atoms with Gasteiger partial charge in [0.2, 0.25) is 0 Å². The molecule has 1 aromatic rings. The molecule has 1 N–H and O–H groups in total. The zero-order valence-corrected chi connectivity index (χ0v) is 13.0. The van der Waals surface area contributed by atoms with Crippen molar-refractivity contribution in [1.82, 2.24) is 5.32 Å². The Balaban J connectivity index is 2.34. The summed E-state index contributed by atoms with van der Waals surface area (Å²) in [6.45, 7) is 8.82. The van der Waals surface area contributed by atoms with Crippen molar-refractivity contribution in [2.45, 2.75) is 39.8 Å². The molecule has 0 aliphatic heterocycles. The van der Waals surface area contributed by atoms with Crippen LogP contribution in [0.25, 0.3) is 0 Å². The Morgan fingerprint density at radius 2 is 1.85 bits per heavy atom. The summed E-state index contributed by atoms with van der Waals surface area (Å²) in [5.41, 5.74) is 0.726. The molecule has 0 saturated carbocycles. The smallest absolute Gasteiger partial charge is 0.310 e. The van der Waals surface area contributed by atoms with Crippen molar-refractivity contribution in [2.75, 3.05) is 13.7 Å². The number of hydrogen-bond acceptors (Lipinski definition) is 4. The number of ether oxygens (including phenoxy) is 2. The van der Waals surface area contributed by atoms with Gasteiger partial charge < -0.3 is 14.8 Å². The Bertz CT molecular complexity index is 420. The quantitative estimate of drug-likeness (QED) is 0.813. The third kappa shape index (κ3) is 6.06. The minimum absolute atomic E-state index is 0.160. The second-order valence-corrected chi connectivity index (χ2v) is 5.91. The van der Waals surface area contributed by atoms with Crippen molar-refractivity contribution in [1.29, 1.82) is 0 Å². The van der Waals surface area contributed by atoms with E-state index >= 15 is 0 Å². The second-order valence-electron chi connectivity index (χ2n) is 5.91. The Labute approximate surface area is 121 Å². The van der Waals surface area contributed by atoms with Crippen LogP contribution in [0.2, 0.25) is 0 Å². The summed E-state index contributed by atoms with van der Waals surface area (Å²) in [6, 6.07) is 7.86. The molecule has 0 aromatic heterocycles. The van der Waals surface area contributed by atoms with E-state index in [1.165, 1.54) is 0 Å². The number of esters is 1. The molecule has 4 nitrogen and oxygen atoms in total. The lowest BCUT2D eigenvalue weighted by Crippen LogP contribution is -2.32. The number of carbonyl (C=O) groups excluding carboxylic acids is 1. The van der Waals surface area contributed by atoms with Crippen molar-refractivity contribution in [3.8, 4) is 5.75 Å². The van der Waals surface area contributed by atoms with Gasteiger partial charge in [0, 0.05) is 13.1 Å². The fraction of sp³-hybridized carbons (Fsp3) is 0.562. The Morgan fingerprint density at radius 1 is 1.25 bits per heavy atom. The highest BCUT2D eigenvalue weighted by Gasteiger charge is 2.21. The molecule has 0 saturated heterocycles. The fourth-order valence-corrected chi connectivity index (χ4v) is 1.66. The van der Waals surface area contributed by atoms with Crippen molar-refractivity contribution in [3.63, 3.8) is 0 Å². The number of benzene rings is 1. The topological polar surface area (TPSA) is 47.6 Å². The van der Waals surface area contributed by atoms with Crippen molar-refractivity contribution in [2.24, 2.45) is 5.92 Å². The van der Waals surface area contributed by atoms with Gasteiger partial charge in [-0.15, -0.1) is 0 Å². The van der Waals surface area contributed by atoms with Gasteiger partial charge in [0.1, 0.15) is 11.4 Å². The second kappa shape index (κ2) is 7.29. The monoisotopic (exact) mass is 279 g/mol. The molecule has 112 valence electrons. The Hall–Kier alpha value is -1.55. The van der Waals surface area contributed by atoms with E-state index in [2.05, 4.69) is 5.32 Å². The lowest BCUT2D eigenvalue weighted by Gasteiger charge is -2.22. The van der Waals surface area contributed by atoms with E-state index in [1.54, 1.807) is 7.11 Å². The number of carbonyl (C=O) groups is 1. The number of rotatable bonds is 6. The van der Waals surface area contributed by atoms with E-state index in [4.69, 9.17) is 9.47 Å². The molecule has 1 atom stereocenters. The molecule has 0 spiro atoms. The third-order valence-electron chi connectivity index (χ3n) is 2.75. The van der Waals surface area contributed by atoms with Crippen LogP contribution >= 0.6 is 0 Å². The molecule has 0 radical (unpaired) electrons. The molecule has 0 bridgehead atoms. The van der Waals surface area contributed by atoms with Crippen LogP contribution in [0.4, 0.5) is 0 Å². The first-order valence-electron chi connectivity index (χ1n) is 6.88. The maximum atomic E-state index is 11.8. The molecule has 0 unspecified atom stereocenters. The minimum atomic E-state index is -0.429. The third-order valence-corrected chi connectivity index (χ3v) is 2.75. The van der Waals surface area contributed by atoms with Crippen LogP contribution in [0, 0.1) is 5.92 Å². The molecule has 1 aromatic carbocycles. The van der Waals surface area contributed by atoms with Gasteiger partial charge in [0.25, 0.3) is 0 Å². The SMILES string of the molecule is COc1ccc(CNC[C@@H](C)C(=O)OC(C)(C)C)cc1. The molecule has 20 heavy (non-hydrogen) atoms. The molecule has 0 fully saturated rings. The zero-order chi connectivity index (χ0) is 15.2. The van der Waals surface area contributed by atoms with E-state index in [0.717, 1.165) is 17.9 Å². The molecule has 0 aliphatic carbocycles. The molecule has 0 amide bonds. The molecule has 1 rings (SSSR count). The average molecular weight is 279 g/mol. The Kier molecular flexibility index (Phi) is 6.02. The van der Waals surface area contributed by atoms with E-state index in [0.29, 0.717) is 6.54 Å². The van der Waals surface area contributed by atoms with Crippen molar-refractivity contribution < 1.29 is 14.3 Å². The van der Waals surface area contributed by atoms with Gasteiger partial charge in [-0.3, -0.25) is 4.79 Å². The first-order chi connectivity index (χ1) is 9.31. The summed E-state index contributed by atoms with van der Waals surface area (Å²) in [5.74, 6) is 0.517. The fourth-order valence-electron chi connectivity index (χ4n) is 1.66. The Morgan fingerprint density at radius 3 is 2.35 bits per heavy atom. The highest BCUT2D eigenvalue weighted by Crippen LogP contribution is 2.12. The summed E-state index contributed by atoms with van der Waals surface area (Å²) < 4.78 is 10.4. The van der Waals surface area contributed by atoms with Gasteiger partial charge in [-0.05, 0) is 38.5 Å². The predicted molar refractivity (Wildman–Crippen MR) is 79.7 cm³/mol. The van der Waals surface area contributed by atoms with Crippen LogP contribution in [0.1, 0.15) is 33.3 Å². The maximum absolute atomic E-state index is 11.8. The van der Waals surface area contributed by atoms with Crippen LogP contribution < -0.4 is 10.1 Å². The standard InChI is InChI=1S/C16H25NO3/c1-12(15(18)20-16(2,3)4)10-17-11-13-6-8-14(19-5)9-7-13/h6-9,12,17H,10-11H2,1-5H3/t12-/m1/s1.